The highest BCUT2D eigenvalue weighted by atomic mass is 19.4. The molecule has 0 bridgehead atoms. The Morgan fingerprint density at radius 2 is 1.50 bits per heavy atom. The topological polar surface area (TPSA) is 39.5 Å². The van der Waals surface area contributed by atoms with Crippen LogP contribution in [0.4, 0.5) is 17.6 Å². The van der Waals surface area contributed by atoms with Crippen molar-refractivity contribution >= 4 is 0 Å². The van der Waals surface area contributed by atoms with Gasteiger partial charge in [-0.1, -0.05) is 27.2 Å². The van der Waals surface area contributed by atoms with Gasteiger partial charge in [0.2, 0.25) is 0 Å². The Balaban J connectivity index is 1.47. The summed E-state index contributed by atoms with van der Waals surface area (Å²) in [5.74, 6) is 0.630. The van der Waals surface area contributed by atoms with Gasteiger partial charge in [0, 0.05) is 30.4 Å². The van der Waals surface area contributed by atoms with Gasteiger partial charge in [-0.2, -0.15) is 13.2 Å². The summed E-state index contributed by atoms with van der Waals surface area (Å²) in [5, 5.41) is 0. The molecule has 1 aromatic heterocycles. The van der Waals surface area contributed by atoms with Gasteiger partial charge in [-0.25, -0.2) is 9.37 Å². The highest BCUT2D eigenvalue weighted by Crippen LogP contribution is 2.35. The van der Waals surface area contributed by atoms with E-state index in [4.69, 9.17) is 14.5 Å². The largest absolute Gasteiger partial charge is 0.494 e. The number of nitrogens with zero attached hydrogens (tertiary/aromatic N) is 3. The molecule has 0 fully saturated rings. The molecule has 0 radical (unpaired) electrons. The molecule has 9 heteroatoms. The van der Waals surface area contributed by atoms with Crippen LogP contribution in [0.5, 0.6) is 17.2 Å². The summed E-state index contributed by atoms with van der Waals surface area (Å²) in [4.78, 5) is 7.29. The Morgan fingerprint density at radius 1 is 0.833 bits per heavy atom. The monoisotopic (exact) mass is 583 g/mol. The number of halogens is 4. The molecular weight excluding hydrogens is 546 g/mol. The van der Waals surface area contributed by atoms with Crippen molar-refractivity contribution in [3.8, 4) is 34.2 Å². The molecule has 42 heavy (non-hydrogen) atoms. The van der Waals surface area contributed by atoms with E-state index in [1.54, 1.807) is 12.1 Å². The van der Waals surface area contributed by atoms with Crippen molar-refractivity contribution < 1.29 is 27.0 Å². The first-order valence-electron chi connectivity index (χ1n) is 14.4. The van der Waals surface area contributed by atoms with Crippen molar-refractivity contribution in [3.63, 3.8) is 0 Å². The molecular formula is C33H37F4N3O2. The second kappa shape index (κ2) is 14.4. The maximum atomic E-state index is 13.6. The van der Waals surface area contributed by atoms with Gasteiger partial charge in [0.1, 0.15) is 28.9 Å². The minimum Gasteiger partial charge on any atom is -0.494 e. The molecule has 1 heterocycles. The molecule has 0 saturated carbocycles. The summed E-state index contributed by atoms with van der Waals surface area (Å²) >= 11 is 0. The second-order valence-electron chi connectivity index (χ2n) is 10.0. The van der Waals surface area contributed by atoms with Crippen molar-refractivity contribution in [3.05, 3.63) is 90.1 Å². The van der Waals surface area contributed by atoms with Crippen LogP contribution >= 0.6 is 0 Å². The van der Waals surface area contributed by atoms with Crippen molar-refractivity contribution in [2.75, 3.05) is 26.2 Å². The molecule has 0 aliphatic carbocycles. The third-order valence-electron chi connectivity index (χ3n) is 7.06. The van der Waals surface area contributed by atoms with E-state index in [9.17, 15) is 17.6 Å². The van der Waals surface area contributed by atoms with Gasteiger partial charge in [0.05, 0.1) is 17.9 Å². The van der Waals surface area contributed by atoms with E-state index in [2.05, 4.69) is 25.7 Å². The number of ether oxygens (including phenoxy) is 2. The fourth-order valence-corrected chi connectivity index (χ4v) is 4.63. The summed E-state index contributed by atoms with van der Waals surface area (Å²) in [5.41, 5.74) is 1.28. The first kappa shape index (κ1) is 31.1. The Labute approximate surface area is 244 Å². The van der Waals surface area contributed by atoms with E-state index < -0.39 is 17.6 Å². The lowest BCUT2D eigenvalue weighted by Gasteiger charge is -2.17. The third-order valence-corrected chi connectivity index (χ3v) is 7.06. The summed E-state index contributed by atoms with van der Waals surface area (Å²) in [6.07, 6.45) is 0.933. The first-order chi connectivity index (χ1) is 20.2. The van der Waals surface area contributed by atoms with Gasteiger partial charge in [-0.3, -0.25) is 0 Å². The lowest BCUT2D eigenvalue weighted by Crippen LogP contribution is -2.25. The minimum atomic E-state index is -4.81. The zero-order chi connectivity index (χ0) is 30.1. The predicted molar refractivity (Wildman–Crippen MR) is 157 cm³/mol. The van der Waals surface area contributed by atoms with Crippen LogP contribution in [0.25, 0.3) is 16.9 Å². The Hall–Kier alpha value is -3.85. The number of aryl methyl sites for hydroxylation is 1. The van der Waals surface area contributed by atoms with Crippen LogP contribution in [0, 0.1) is 5.82 Å². The van der Waals surface area contributed by atoms with E-state index in [1.807, 2.05) is 47.2 Å². The van der Waals surface area contributed by atoms with Crippen LogP contribution in [0.1, 0.15) is 51.4 Å². The maximum Gasteiger partial charge on any atom is 0.419 e. The van der Waals surface area contributed by atoms with Crippen molar-refractivity contribution in [1.29, 1.82) is 0 Å². The van der Waals surface area contributed by atoms with Crippen molar-refractivity contribution in [2.45, 2.75) is 52.6 Å². The Morgan fingerprint density at radius 3 is 2.14 bits per heavy atom. The molecule has 5 nitrogen and oxygen atoms in total. The Bertz CT molecular complexity index is 1410. The quantitative estimate of drug-likeness (QED) is 0.110. The lowest BCUT2D eigenvalue weighted by atomic mass is 10.1. The van der Waals surface area contributed by atoms with Gasteiger partial charge < -0.3 is 18.9 Å². The van der Waals surface area contributed by atoms with E-state index in [0.717, 1.165) is 79.9 Å². The van der Waals surface area contributed by atoms with Gasteiger partial charge >= 0.3 is 6.18 Å². The number of hydrogen-bond acceptors (Lipinski definition) is 4. The summed E-state index contributed by atoms with van der Waals surface area (Å²) < 4.78 is 66.4. The van der Waals surface area contributed by atoms with E-state index in [-0.39, 0.29) is 5.75 Å². The highest BCUT2D eigenvalue weighted by molar-refractivity contribution is 5.61. The van der Waals surface area contributed by atoms with Crippen LogP contribution in [0.3, 0.4) is 0 Å². The SMILES string of the molecule is CCCCc1nc(-c2ccc(OCCCN(CC)CC)cc2)cn1-c1ccc(Oc2ccc(F)c(C(F)(F)F)c2)cc1. The molecule has 0 N–H and O–H groups in total. The maximum absolute atomic E-state index is 13.6. The smallest absolute Gasteiger partial charge is 0.419 e. The predicted octanol–water partition coefficient (Wildman–Crippen LogP) is 8.94. The standard InChI is InChI=1S/C33H37F4N3O2/c1-4-7-9-32-38-31(24-10-14-26(15-11-24)41-21-8-20-39(5-2)6-3)23-40(32)25-12-16-27(17-13-25)42-28-18-19-30(34)29(22-28)33(35,36)37/h10-19,22-23H,4-9,20-21H2,1-3H3. The zero-order valence-corrected chi connectivity index (χ0v) is 24.3. The molecule has 0 saturated heterocycles. The molecule has 0 unspecified atom stereocenters. The number of imidazole rings is 1. The van der Waals surface area contributed by atoms with Gasteiger partial charge in [0.15, 0.2) is 0 Å². The number of hydrogen-bond donors (Lipinski definition) is 0. The van der Waals surface area contributed by atoms with Crippen LogP contribution in [0.2, 0.25) is 0 Å². The molecule has 0 amide bonds. The number of unbranched alkanes of at least 4 members (excludes halogenated alkanes) is 1. The van der Waals surface area contributed by atoms with Gasteiger partial charge in [0.25, 0.3) is 0 Å². The number of benzene rings is 3. The normalized spacial score (nSPS) is 11.7. The highest BCUT2D eigenvalue weighted by Gasteiger charge is 2.34. The third kappa shape index (κ3) is 8.12. The zero-order valence-electron chi connectivity index (χ0n) is 24.3. The van der Waals surface area contributed by atoms with E-state index >= 15 is 0 Å². The Kier molecular flexibility index (Phi) is 10.6. The fourth-order valence-electron chi connectivity index (χ4n) is 4.63. The average molecular weight is 584 g/mol. The molecule has 4 aromatic rings. The van der Waals surface area contributed by atoms with Crippen molar-refractivity contribution in [2.24, 2.45) is 0 Å². The molecule has 0 aliphatic heterocycles. The number of rotatable bonds is 14. The number of alkyl halides is 3. The molecule has 224 valence electrons. The average Bonchev–Trinajstić information content (AvgIpc) is 3.41. The minimum absolute atomic E-state index is 0.0960. The second-order valence-corrected chi connectivity index (χ2v) is 10.0. The van der Waals surface area contributed by atoms with Crippen LogP contribution < -0.4 is 9.47 Å². The van der Waals surface area contributed by atoms with Crippen LogP contribution in [-0.4, -0.2) is 40.7 Å². The first-order valence-corrected chi connectivity index (χ1v) is 14.4. The molecule has 0 atom stereocenters. The molecule has 0 aliphatic rings. The fraction of sp³-hybridized carbons (Fsp3) is 0.364. The number of aromatic nitrogens is 2. The van der Waals surface area contributed by atoms with Crippen LogP contribution in [-0.2, 0) is 12.6 Å². The molecule has 4 rings (SSSR count). The summed E-state index contributed by atoms with van der Waals surface area (Å²) in [7, 11) is 0. The van der Waals surface area contributed by atoms with Gasteiger partial charge in [-0.15, -0.1) is 0 Å². The van der Waals surface area contributed by atoms with Crippen LogP contribution in [0.15, 0.2) is 72.9 Å². The summed E-state index contributed by atoms with van der Waals surface area (Å²) in [6, 6.07) is 17.5. The molecule has 3 aromatic carbocycles. The van der Waals surface area contributed by atoms with E-state index in [0.29, 0.717) is 18.4 Å². The summed E-state index contributed by atoms with van der Waals surface area (Å²) in [6.45, 7) is 10.2. The van der Waals surface area contributed by atoms with Gasteiger partial charge in [-0.05, 0) is 92.7 Å². The van der Waals surface area contributed by atoms with E-state index in [1.165, 1.54) is 6.07 Å². The lowest BCUT2D eigenvalue weighted by molar-refractivity contribution is -0.140. The van der Waals surface area contributed by atoms with Crippen molar-refractivity contribution in [1.82, 2.24) is 14.5 Å². The molecule has 0 spiro atoms.